The zero-order valence-corrected chi connectivity index (χ0v) is 14.7. The van der Waals surface area contributed by atoms with Crippen LogP contribution in [0.4, 0.5) is 0 Å². The molecule has 4 aliphatic carbocycles. The van der Waals surface area contributed by atoms with Gasteiger partial charge in [-0.3, -0.25) is 0 Å². The Balaban J connectivity index is 1.89. The fraction of sp³-hybridized carbons (Fsp3) is 0.714. The molecular weight excluding hydrogens is 284 g/mol. The molecule has 1 aromatic carbocycles. The lowest BCUT2D eigenvalue weighted by Crippen LogP contribution is -2.49. The van der Waals surface area contributed by atoms with Crippen LogP contribution >= 0.6 is 0 Å². The molecule has 2 N–H and O–H groups in total. The second-order valence-corrected chi connectivity index (χ2v) is 9.32. The molecule has 4 fully saturated rings. The van der Waals surface area contributed by atoms with E-state index >= 15 is 0 Å². The minimum absolute atomic E-state index is 0.0190. The summed E-state index contributed by atoms with van der Waals surface area (Å²) in [5, 5.41) is 20.9. The molecular formula is C21H30O2. The summed E-state index contributed by atoms with van der Waals surface area (Å²) in [6, 6.07) is 3.50. The summed E-state index contributed by atoms with van der Waals surface area (Å²) in [4.78, 5) is 0. The van der Waals surface area contributed by atoms with E-state index in [4.69, 9.17) is 0 Å². The van der Waals surface area contributed by atoms with Gasteiger partial charge in [-0.25, -0.2) is 0 Å². The van der Waals surface area contributed by atoms with E-state index in [-0.39, 0.29) is 16.6 Å². The van der Waals surface area contributed by atoms with Gasteiger partial charge in [0.15, 0.2) is 0 Å². The van der Waals surface area contributed by atoms with Crippen molar-refractivity contribution in [2.75, 3.05) is 0 Å². The quantitative estimate of drug-likeness (QED) is 0.799. The molecule has 0 aromatic heterocycles. The molecule has 4 aliphatic rings. The summed E-state index contributed by atoms with van der Waals surface area (Å²) in [7, 11) is 0. The molecule has 0 saturated heterocycles. The first-order valence-corrected chi connectivity index (χ1v) is 9.40. The zero-order valence-electron chi connectivity index (χ0n) is 14.7. The monoisotopic (exact) mass is 314 g/mol. The fourth-order valence-corrected chi connectivity index (χ4v) is 6.31. The molecule has 4 saturated carbocycles. The Morgan fingerprint density at radius 2 is 1.52 bits per heavy atom. The molecule has 2 nitrogen and oxygen atoms in total. The molecule has 5 rings (SSSR count). The highest BCUT2D eigenvalue weighted by molar-refractivity contribution is 5.53. The lowest BCUT2D eigenvalue weighted by atomic mass is 9.47. The van der Waals surface area contributed by atoms with Gasteiger partial charge in [-0.15, -0.1) is 0 Å². The number of hydrogen-bond donors (Lipinski definition) is 2. The van der Waals surface area contributed by atoms with E-state index in [0.29, 0.717) is 5.75 Å². The molecule has 4 bridgehead atoms. The van der Waals surface area contributed by atoms with Gasteiger partial charge in [-0.1, -0.05) is 20.8 Å². The van der Waals surface area contributed by atoms with Gasteiger partial charge in [0.25, 0.3) is 0 Å². The van der Waals surface area contributed by atoms with Crippen LogP contribution in [0.2, 0.25) is 0 Å². The van der Waals surface area contributed by atoms with Crippen LogP contribution < -0.4 is 0 Å². The van der Waals surface area contributed by atoms with E-state index in [2.05, 4.69) is 20.8 Å². The largest absolute Gasteiger partial charge is 0.508 e. The highest BCUT2D eigenvalue weighted by Gasteiger charge is 2.53. The second kappa shape index (κ2) is 4.91. The Kier molecular flexibility index (Phi) is 3.28. The average molecular weight is 314 g/mol. The van der Waals surface area contributed by atoms with Gasteiger partial charge in [-0.05, 0) is 79.7 Å². The van der Waals surface area contributed by atoms with E-state index in [0.717, 1.165) is 24.2 Å². The summed E-state index contributed by atoms with van der Waals surface area (Å²) in [5.74, 6) is 3.10. The first-order valence-electron chi connectivity index (χ1n) is 9.40. The van der Waals surface area contributed by atoms with E-state index in [1.165, 1.54) is 49.7 Å². The summed E-state index contributed by atoms with van der Waals surface area (Å²) < 4.78 is 0. The molecule has 23 heavy (non-hydrogen) atoms. The third-order valence-electron chi connectivity index (χ3n) is 7.28. The van der Waals surface area contributed by atoms with Crippen molar-refractivity contribution in [1.82, 2.24) is 0 Å². The van der Waals surface area contributed by atoms with Crippen molar-refractivity contribution in [2.24, 2.45) is 17.8 Å². The lowest BCUT2D eigenvalue weighted by molar-refractivity contribution is -0.00699. The van der Waals surface area contributed by atoms with Gasteiger partial charge in [0, 0.05) is 17.0 Å². The fourth-order valence-electron chi connectivity index (χ4n) is 6.31. The van der Waals surface area contributed by atoms with Crippen LogP contribution in [0.1, 0.15) is 76.8 Å². The number of hydrogen-bond acceptors (Lipinski definition) is 2. The van der Waals surface area contributed by atoms with Crippen LogP contribution in [0.25, 0.3) is 0 Å². The SMILES string of the molecule is CCC(C)(C)c1cc(O)cc(O)c1C12CC3CC(CC(C3)C1)C2. The van der Waals surface area contributed by atoms with Gasteiger partial charge in [0.2, 0.25) is 0 Å². The summed E-state index contributed by atoms with van der Waals surface area (Å²) in [6.45, 7) is 6.68. The number of aromatic hydroxyl groups is 2. The van der Waals surface area contributed by atoms with E-state index in [1.807, 2.05) is 6.07 Å². The van der Waals surface area contributed by atoms with Crippen molar-refractivity contribution in [3.63, 3.8) is 0 Å². The van der Waals surface area contributed by atoms with Gasteiger partial charge in [0.05, 0.1) is 0 Å². The van der Waals surface area contributed by atoms with Gasteiger partial charge < -0.3 is 10.2 Å². The molecule has 0 unspecified atom stereocenters. The summed E-state index contributed by atoms with van der Waals surface area (Å²) >= 11 is 0. The Labute approximate surface area is 139 Å². The van der Waals surface area contributed by atoms with Crippen LogP contribution in [0.15, 0.2) is 12.1 Å². The van der Waals surface area contributed by atoms with Crippen LogP contribution in [-0.4, -0.2) is 10.2 Å². The molecule has 0 heterocycles. The Morgan fingerprint density at radius 1 is 1.00 bits per heavy atom. The predicted octanol–water partition coefficient (Wildman–Crippen LogP) is 5.25. The first kappa shape index (κ1) is 15.4. The maximum Gasteiger partial charge on any atom is 0.123 e. The number of benzene rings is 1. The van der Waals surface area contributed by atoms with Crippen LogP contribution in [-0.2, 0) is 10.8 Å². The normalized spacial score (nSPS) is 35.7. The van der Waals surface area contributed by atoms with Crippen molar-refractivity contribution in [2.45, 2.75) is 76.5 Å². The number of phenolic OH excluding ortho intramolecular Hbond substituents is 2. The minimum Gasteiger partial charge on any atom is -0.508 e. The van der Waals surface area contributed by atoms with Crippen molar-refractivity contribution >= 4 is 0 Å². The summed E-state index contributed by atoms with van der Waals surface area (Å²) in [6.07, 6.45) is 8.95. The second-order valence-electron chi connectivity index (χ2n) is 9.32. The van der Waals surface area contributed by atoms with Crippen molar-refractivity contribution in [3.05, 3.63) is 23.3 Å². The highest BCUT2D eigenvalue weighted by atomic mass is 16.3. The maximum absolute atomic E-state index is 10.8. The van der Waals surface area contributed by atoms with Crippen LogP contribution in [0.3, 0.4) is 0 Å². The van der Waals surface area contributed by atoms with Crippen molar-refractivity contribution in [3.8, 4) is 11.5 Å². The first-order chi connectivity index (χ1) is 10.8. The highest BCUT2D eigenvalue weighted by Crippen LogP contribution is 2.63. The molecule has 2 heteroatoms. The van der Waals surface area contributed by atoms with Crippen molar-refractivity contribution in [1.29, 1.82) is 0 Å². The Bertz CT molecular complexity index is 594. The van der Waals surface area contributed by atoms with Crippen molar-refractivity contribution < 1.29 is 10.2 Å². The average Bonchev–Trinajstić information content (AvgIpc) is 2.44. The predicted molar refractivity (Wildman–Crippen MR) is 92.9 cm³/mol. The lowest BCUT2D eigenvalue weighted by Gasteiger charge is -2.58. The summed E-state index contributed by atoms with van der Waals surface area (Å²) in [5.41, 5.74) is 2.50. The smallest absolute Gasteiger partial charge is 0.123 e. The van der Waals surface area contributed by atoms with E-state index in [9.17, 15) is 10.2 Å². The third-order valence-corrected chi connectivity index (χ3v) is 7.28. The van der Waals surface area contributed by atoms with E-state index < -0.39 is 0 Å². The Morgan fingerprint density at radius 3 is 2.00 bits per heavy atom. The standard InChI is InChI=1S/C21H30O2/c1-4-20(2,3)17-8-16(22)9-18(23)19(17)21-10-13-5-14(11-21)7-15(6-13)12-21/h8-9,13-15,22-23H,4-7,10-12H2,1-3H3. The maximum atomic E-state index is 10.8. The molecule has 1 aromatic rings. The third kappa shape index (κ3) is 2.28. The van der Waals surface area contributed by atoms with Crippen LogP contribution in [0.5, 0.6) is 11.5 Å². The van der Waals surface area contributed by atoms with E-state index in [1.54, 1.807) is 6.07 Å². The minimum atomic E-state index is -0.0190. The zero-order chi connectivity index (χ0) is 16.4. The molecule has 0 atom stereocenters. The Hall–Kier alpha value is -1.18. The number of rotatable bonds is 3. The molecule has 0 amide bonds. The molecule has 0 radical (unpaired) electrons. The molecule has 126 valence electrons. The van der Waals surface area contributed by atoms with Crippen LogP contribution in [0, 0.1) is 17.8 Å². The number of phenols is 2. The topological polar surface area (TPSA) is 40.5 Å². The molecule has 0 aliphatic heterocycles. The van der Waals surface area contributed by atoms with Gasteiger partial charge >= 0.3 is 0 Å². The molecule has 0 spiro atoms. The van der Waals surface area contributed by atoms with Gasteiger partial charge in [-0.2, -0.15) is 0 Å². The van der Waals surface area contributed by atoms with Gasteiger partial charge in [0.1, 0.15) is 11.5 Å².